The largest absolute Gasteiger partial charge is 0.468 e. The second-order valence-corrected chi connectivity index (χ2v) is 12.4. The Hall–Kier alpha value is -3.69. The van der Waals surface area contributed by atoms with E-state index in [9.17, 15) is 9.59 Å². The highest BCUT2D eigenvalue weighted by Gasteiger charge is 2.60. The molecule has 0 fully saturated rings. The Morgan fingerprint density at radius 3 is 1.65 bits per heavy atom. The van der Waals surface area contributed by atoms with Crippen LogP contribution in [0.5, 0.6) is 0 Å². The third kappa shape index (κ3) is 3.98. The molecule has 0 N–H and O–H groups in total. The molecule has 2 atom stereocenters. The number of fused-ring (bicyclic) bond motifs is 2. The molecule has 2 aliphatic rings. The first-order chi connectivity index (χ1) is 17.8. The summed E-state index contributed by atoms with van der Waals surface area (Å²) in [5, 5.41) is 1.60. The Balaban J connectivity index is 1.82. The average Bonchev–Trinajstić information content (AvgIpc) is 3.32. The van der Waals surface area contributed by atoms with E-state index in [1.54, 1.807) is 0 Å². The summed E-state index contributed by atoms with van der Waals surface area (Å²) in [6.07, 6.45) is 0.478. The van der Waals surface area contributed by atoms with Gasteiger partial charge in [-0.15, -0.1) is 0 Å². The number of allylic oxidation sites excluding steroid dienone is 2. The molecule has 0 saturated heterocycles. The molecular formula is C31H29O5P. The Labute approximate surface area is 217 Å². The summed E-state index contributed by atoms with van der Waals surface area (Å²) in [6, 6.07) is 29.5. The smallest absolute Gasteiger partial charge is 0.320 e. The van der Waals surface area contributed by atoms with E-state index in [2.05, 4.69) is 6.92 Å². The molecule has 2 unspecified atom stereocenters. The van der Waals surface area contributed by atoms with Gasteiger partial charge in [-0.2, -0.15) is 0 Å². The summed E-state index contributed by atoms with van der Waals surface area (Å²) in [4.78, 5) is 25.5. The highest BCUT2D eigenvalue weighted by molar-refractivity contribution is 7.85. The summed E-state index contributed by atoms with van der Waals surface area (Å²) < 4.78 is 25.4. The Morgan fingerprint density at radius 2 is 1.19 bits per heavy atom. The molecule has 0 amide bonds. The van der Waals surface area contributed by atoms with Crippen LogP contribution in [0.3, 0.4) is 0 Å². The summed E-state index contributed by atoms with van der Waals surface area (Å²) in [6.45, 7) is 2.09. The van der Waals surface area contributed by atoms with Gasteiger partial charge in [0.25, 0.3) is 0 Å². The molecule has 6 heteroatoms. The molecule has 0 radical (unpaired) electrons. The maximum Gasteiger partial charge on any atom is 0.320 e. The zero-order valence-corrected chi connectivity index (χ0v) is 22.0. The number of hydrogen-bond acceptors (Lipinski definition) is 5. The van der Waals surface area contributed by atoms with Gasteiger partial charge >= 0.3 is 11.9 Å². The molecule has 0 saturated carbocycles. The fourth-order valence-electron chi connectivity index (χ4n) is 6.02. The molecular weight excluding hydrogens is 483 g/mol. The van der Waals surface area contributed by atoms with Crippen LogP contribution in [-0.2, 0) is 23.6 Å². The summed E-state index contributed by atoms with van der Waals surface area (Å²) in [7, 11) is -0.639. The molecule has 3 aromatic rings. The lowest BCUT2D eigenvalue weighted by atomic mass is 9.70. The Bertz CT molecular complexity index is 1440. The standard InChI is InChI=1S/C31H29O5P/c1-31-20-37(34,28(23-17-11-6-12-18-23)26(31)21-13-7-4-8-14-21)27(22-15-9-5-10-16-22)25(31)19-24(29(32)35-2)30(33)36-3/h4-18,24H,19-20H2,1-3H3. The van der Waals surface area contributed by atoms with Crippen molar-refractivity contribution in [1.82, 2.24) is 0 Å². The molecule has 0 aromatic heterocycles. The minimum atomic E-state index is -3.16. The van der Waals surface area contributed by atoms with Crippen LogP contribution in [0, 0.1) is 11.3 Å². The van der Waals surface area contributed by atoms with E-state index in [-0.39, 0.29) is 6.42 Å². The van der Waals surface area contributed by atoms with Crippen LogP contribution in [0.1, 0.15) is 30.0 Å². The fourth-order valence-corrected chi connectivity index (χ4v) is 10.4. The molecule has 188 valence electrons. The zero-order valence-electron chi connectivity index (χ0n) is 21.1. The average molecular weight is 513 g/mol. The van der Waals surface area contributed by atoms with Gasteiger partial charge in [0, 0.05) is 22.2 Å². The lowest BCUT2D eigenvalue weighted by molar-refractivity contribution is -0.158. The predicted molar refractivity (Wildman–Crippen MR) is 146 cm³/mol. The van der Waals surface area contributed by atoms with Crippen LogP contribution < -0.4 is 0 Å². The van der Waals surface area contributed by atoms with Crippen molar-refractivity contribution in [1.29, 1.82) is 0 Å². The number of carbonyl (C=O) groups is 2. The number of carbonyl (C=O) groups excluding carboxylic acids is 2. The van der Waals surface area contributed by atoms with Crippen molar-refractivity contribution in [3.8, 4) is 0 Å². The Kier molecular flexibility index (Phi) is 6.51. The SMILES string of the molecule is COC(=O)C(CC1=C(c2ccccc2)P2(=O)CC1(C)C(c1ccccc1)=C2c1ccccc1)C(=O)OC. The number of ether oxygens (including phenoxy) is 2. The Morgan fingerprint density at radius 1 is 0.757 bits per heavy atom. The van der Waals surface area contributed by atoms with E-state index in [0.29, 0.717) is 6.16 Å². The van der Waals surface area contributed by atoms with Gasteiger partial charge in [0.15, 0.2) is 5.92 Å². The van der Waals surface area contributed by atoms with E-state index in [4.69, 9.17) is 9.47 Å². The van der Waals surface area contributed by atoms with Crippen molar-refractivity contribution < 1.29 is 23.6 Å². The van der Waals surface area contributed by atoms with Crippen LogP contribution in [0.15, 0.2) is 96.6 Å². The van der Waals surface area contributed by atoms with E-state index < -0.39 is 30.4 Å². The molecule has 5 rings (SSSR count). The second-order valence-electron chi connectivity index (χ2n) is 9.68. The topological polar surface area (TPSA) is 69.7 Å². The molecule has 2 bridgehead atoms. The van der Waals surface area contributed by atoms with Gasteiger partial charge in [0.2, 0.25) is 0 Å². The first-order valence-corrected chi connectivity index (χ1v) is 14.1. The van der Waals surface area contributed by atoms with Gasteiger partial charge in [-0.3, -0.25) is 9.59 Å². The van der Waals surface area contributed by atoms with Crippen molar-refractivity contribution in [3.05, 3.63) is 113 Å². The maximum absolute atomic E-state index is 15.4. The molecule has 3 aromatic carbocycles. The minimum Gasteiger partial charge on any atom is -0.468 e. The quantitative estimate of drug-likeness (QED) is 0.200. The molecule has 0 spiro atoms. The van der Waals surface area contributed by atoms with E-state index in [1.165, 1.54) is 14.2 Å². The number of rotatable bonds is 7. The number of methoxy groups -OCH3 is 2. The highest BCUT2D eigenvalue weighted by atomic mass is 31.2. The monoisotopic (exact) mass is 512 g/mol. The summed E-state index contributed by atoms with van der Waals surface area (Å²) >= 11 is 0. The molecule has 5 nitrogen and oxygen atoms in total. The number of benzene rings is 3. The molecule has 37 heavy (non-hydrogen) atoms. The number of hydrogen-bond donors (Lipinski definition) is 0. The normalized spacial score (nSPS) is 22.5. The van der Waals surface area contributed by atoms with Crippen molar-refractivity contribution in [3.63, 3.8) is 0 Å². The lowest BCUT2D eigenvalue weighted by Gasteiger charge is -2.33. The summed E-state index contributed by atoms with van der Waals surface area (Å²) in [5.74, 6) is -2.47. The van der Waals surface area contributed by atoms with E-state index >= 15 is 4.57 Å². The molecule has 2 heterocycles. The third-order valence-electron chi connectivity index (χ3n) is 7.54. The summed E-state index contributed by atoms with van der Waals surface area (Å²) in [5.41, 5.74) is 3.93. The number of esters is 2. The van der Waals surface area contributed by atoms with Gasteiger partial charge in [0.05, 0.1) is 14.2 Å². The van der Waals surface area contributed by atoms with Crippen molar-refractivity contribution in [2.45, 2.75) is 13.3 Å². The zero-order chi connectivity index (χ0) is 26.2. The maximum atomic E-state index is 15.4. The van der Waals surface area contributed by atoms with Crippen LogP contribution in [0.25, 0.3) is 16.2 Å². The van der Waals surface area contributed by atoms with Crippen LogP contribution in [0.4, 0.5) is 0 Å². The minimum absolute atomic E-state index is 0.0719. The molecule has 2 aliphatic heterocycles. The second kappa shape index (κ2) is 9.64. The van der Waals surface area contributed by atoms with E-state index in [0.717, 1.165) is 38.5 Å². The van der Waals surface area contributed by atoms with Gasteiger partial charge in [-0.1, -0.05) is 97.9 Å². The van der Waals surface area contributed by atoms with Gasteiger partial charge < -0.3 is 14.0 Å². The fraction of sp³-hybridized carbons (Fsp3) is 0.226. The third-order valence-corrected chi connectivity index (χ3v) is 11.1. The van der Waals surface area contributed by atoms with Gasteiger partial charge in [-0.25, -0.2) is 0 Å². The van der Waals surface area contributed by atoms with Crippen molar-refractivity contribution in [2.75, 3.05) is 20.4 Å². The lowest BCUT2D eigenvalue weighted by Crippen LogP contribution is -2.30. The first kappa shape index (κ1) is 25.0. The first-order valence-electron chi connectivity index (χ1n) is 12.3. The van der Waals surface area contributed by atoms with Crippen LogP contribution >= 0.6 is 7.14 Å². The van der Waals surface area contributed by atoms with Crippen molar-refractivity contribution >= 4 is 35.3 Å². The molecule has 0 aliphatic carbocycles. The van der Waals surface area contributed by atoms with Crippen LogP contribution in [0.2, 0.25) is 0 Å². The van der Waals surface area contributed by atoms with Gasteiger partial charge in [0.1, 0.15) is 7.14 Å². The van der Waals surface area contributed by atoms with E-state index in [1.807, 2.05) is 91.0 Å². The predicted octanol–water partition coefficient (Wildman–Crippen LogP) is 6.72. The highest BCUT2D eigenvalue weighted by Crippen LogP contribution is 2.85. The van der Waals surface area contributed by atoms with Gasteiger partial charge in [-0.05, 0) is 34.3 Å². The van der Waals surface area contributed by atoms with Crippen molar-refractivity contribution in [2.24, 2.45) is 11.3 Å². The van der Waals surface area contributed by atoms with Crippen LogP contribution in [-0.4, -0.2) is 32.3 Å².